The Balaban J connectivity index is 2.22. The van der Waals surface area contributed by atoms with Crippen molar-refractivity contribution in [2.45, 2.75) is 25.7 Å². The molecule has 0 fully saturated rings. The maximum atomic E-state index is 11.3. The standard InChI is InChI=1S/C19H20OS/c1-4-21-19-13-14(2)5-9-18(19)12-8-16-6-10-17(11-7-16)15(3)20/h5-13H,4H2,1-3H3. The van der Waals surface area contributed by atoms with E-state index in [2.05, 4.69) is 44.2 Å². The van der Waals surface area contributed by atoms with E-state index in [1.807, 2.05) is 36.0 Å². The highest BCUT2D eigenvalue weighted by molar-refractivity contribution is 7.99. The first-order valence-electron chi connectivity index (χ1n) is 7.12. The summed E-state index contributed by atoms with van der Waals surface area (Å²) in [6.07, 6.45) is 4.23. The van der Waals surface area contributed by atoms with Gasteiger partial charge in [0, 0.05) is 10.5 Å². The normalized spacial score (nSPS) is 11.0. The van der Waals surface area contributed by atoms with Crippen LogP contribution in [0.2, 0.25) is 0 Å². The molecule has 0 saturated heterocycles. The zero-order valence-corrected chi connectivity index (χ0v) is 13.5. The number of Topliss-reactive ketones (excluding diaryl/α,β-unsaturated/α-hetero) is 1. The van der Waals surface area contributed by atoms with E-state index in [0.717, 1.165) is 16.9 Å². The molecule has 2 rings (SSSR count). The molecule has 0 spiro atoms. The van der Waals surface area contributed by atoms with Gasteiger partial charge in [0.25, 0.3) is 0 Å². The topological polar surface area (TPSA) is 17.1 Å². The lowest BCUT2D eigenvalue weighted by atomic mass is 10.1. The first-order chi connectivity index (χ1) is 10.1. The molecule has 0 bridgehead atoms. The van der Waals surface area contributed by atoms with Crippen molar-refractivity contribution in [2.24, 2.45) is 0 Å². The Morgan fingerprint density at radius 2 is 1.81 bits per heavy atom. The molecule has 0 aliphatic heterocycles. The van der Waals surface area contributed by atoms with Crippen LogP contribution >= 0.6 is 11.8 Å². The largest absolute Gasteiger partial charge is 0.295 e. The Hall–Kier alpha value is -1.80. The summed E-state index contributed by atoms with van der Waals surface area (Å²) in [5.74, 6) is 1.17. The maximum Gasteiger partial charge on any atom is 0.159 e. The second kappa shape index (κ2) is 7.28. The van der Waals surface area contributed by atoms with E-state index < -0.39 is 0 Å². The van der Waals surface area contributed by atoms with E-state index >= 15 is 0 Å². The highest BCUT2D eigenvalue weighted by Crippen LogP contribution is 2.25. The lowest BCUT2D eigenvalue weighted by Crippen LogP contribution is -1.90. The number of thioether (sulfide) groups is 1. The van der Waals surface area contributed by atoms with Gasteiger partial charge in [-0.05, 0) is 42.4 Å². The molecular weight excluding hydrogens is 276 g/mol. The minimum absolute atomic E-state index is 0.102. The van der Waals surface area contributed by atoms with Crippen LogP contribution in [0.3, 0.4) is 0 Å². The van der Waals surface area contributed by atoms with Crippen LogP contribution in [0.25, 0.3) is 12.2 Å². The zero-order valence-electron chi connectivity index (χ0n) is 12.7. The summed E-state index contributed by atoms with van der Waals surface area (Å²) in [7, 11) is 0. The molecule has 0 unspecified atom stereocenters. The van der Waals surface area contributed by atoms with Crippen LogP contribution in [-0.4, -0.2) is 11.5 Å². The predicted molar refractivity (Wildman–Crippen MR) is 93.0 cm³/mol. The van der Waals surface area contributed by atoms with E-state index in [1.165, 1.54) is 16.0 Å². The molecule has 0 amide bonds. The molecule has 0 aliphatic carbocycles. The van der Waals surface area contributed by atoms with Crippen molar-refractivity contribution in [1.29, 1.82) is 0 Å². The summed E-state index contributed by atoms with van der Waals surface area (Å²) < 4.78 is 0. The van der Waals surface area contributed by atoms with Gasteiger partial charge in [0.1, 0.15) is 0 Å². The molecule has 108 valence electrons. The smallest absolute Gasteiger partial charge is 0.159 e. The molecule has 1 nitrogen and oxygen atoms in total. The SMILES string of the molecule is CCSc1cc(C)ccc1C=Cc1ccc(C(C)=O)cc1. The molecule has 0 heterocycles. The number of rotatable bonds is 5. The molecule has 2 heteroatoms. The number of carbonyl (C=O) groups is 1. The van der Waals surface area contributed by atoms with E-state index in [9.17, 15) is 4.79 Å². The Bertz CT molecular complexity index is 654. The molecule has 0 radical (unpaired) electrons. The van der Waals surface area contributed by atoms with Crippen LogP contribution in [0.15, 0.2) is 47.4 Å². The van der Waals surface area contributed by atoms with Gasteiger partial charge in [0.05, 0.1) is 0 Å². The number of hydrogen-bond donors (Lipinski definition) is 0. The van der Waals surface area contributed by atoms with E-state index in [4.69, 9.17) is 0 Å². The first kappa shape index (κ1) is 15.6. The Labute approximate surface area is 131 Å². The molecular formula is C19H20OS. The van der Waals surface area contributed by atoms with Crippen molar-refractivity contribution >= 4 is 29.7 Å². The van der Waals surface area contributed by atoms with Crippen molar-refractivity contribution in [3.05, 3.63) is 64.7 Å². The Morgan fingerprint density at radius 1 is 1.10 bits per heavy atom. The van der Waals surface area contributed by atoms with Crippen LogP contribution in [0.5, 0.6) is 0 Å². The minimum Gasteiger partial charge on any atom is -0.295 e. The number of benzene rings is 2. The number of carbonyl (C=O) groups excluding carboxylic acids is 1. The predicted octanol–water partition coefficient (Wildman–Crippen LogP) is 5.48. The Kier molecular flexibility index (Phi) is 5.40. The van der Waals surface area contributed by atoms with Gasteiger partial charge in [-0.2, -0.15) is 0 Å². The molecule has 0 aliphatic rings. The number of ketones is 1. The van der Waals surface area contributed by atoms with Gasteiger partial charge in [0.15, 0.2) is 5.78 Å². The molecule has 0 atom stereocenters. The first-order valence-corrected chi connectivity index (χ1v) is 8.11. The quantitative estimate of drug-likeness (QED) is 0.413. The molecule has 21 heavy (non-hydrogen) atoms. The van der Waals surface area contributed by atoms with Crippen LogP contribution in [0.1, 0.15) is 40.9 Å². The summed E-state index contributed by atoms with van der Waals surface area (Å²) in [6, 6.07) is 14.2. The second-order valence-corrected chi connectivity index (χ2v) is 6.29. The fourth-order valence-electron chi connectivity index (χ4n) is 2.07. The average molecular weight is 296 g/mol. The average Bonchev–Trinajstić information content (AvgIpc) is 2.47. The fourth-order valence-corrected chi connectivity index (χ4v) is 2.96. The lowest BCUT2D eigenvalue weighted by Gasteiger charge is -2.06. The molecule has 2 aromatic carbocycles. The highest BCUT2D eigenvalue weighted by Gasteiger charge is 2.00. The third kappa shape index (κ3) is 4.33. The van der Waals surface area contributed by atoms with Crippen molar-refractivity contribution in [1.82, 2.24) is 0 Å². The zero-order chi connectivity index (χ0) is 15.2. The monoisotopic (exact) mass is 296 g/mol. The van der Waals surface area contributed by atoms with Gasteiger partial charge in [-0.25, -0.2) is 0 Å². The number of hydrogen-bond acceptors (Lipinski definition) is 2. The van der Waals surface area contributed by atoms with Crippen molar-refractivity contribution < 1.29 is 4.79 Å². The van der Waals surface area contributed by atoms with Gasteiger partial charge >= 0.3 is 0 Å². The van der Waals surface area contributed by atoms with Gasteiger partial charge in [-0.1, -0.05) is 55.5 Å². The summed E-state index contributed by atoms with van der Waals surface area (Å²) in [4.78, 5) is 12.6. The van der Waals surface area contributed by atoms with Gasteiger partial charge in [-0.3, -0.25) is 4.79 Å². The third-order valence-electron chi connectivity index (χ3n) is 3.24. The summed E-state index contributed by atoms with van der Waals surface area (Å²) in [5.41, 5.74) is 4.38. The Morgan fingerprint density at radius 3 is 2.43 bits per heavy atom. The van der Waals surface area contributed by atoms with Gasteiger partial charge < -0.3 is 0 Å². The van der Waals surface area contributed by atoms with Crippen LogP contribution < -0.4 is 0 Å². The maximum absolute atomic E-state index is 11.3. The molecule has 0 N–H and O–H groups in total. The highest BCUT2D eigenvalue weighted by atomic mass is 32.2. The summed E-state index contributed by atoms with van der Waals surface area (Å²) in [6.45, 7) is 5.88. The van der Waals surface area contributed by atoms with Gasteiger partial charge in [-0.15, -0.1) is 11.8 Å². The van der Waals surface area contributed by atoms with Crippen LogP contribution in [0, 0.1) is 6.92 Å². The van der Waals surface area contributed by atoms with Crippen molar-refractivity contribution in [3.63, 3.8) is 0 Å². The van der Waals surface area contributed by atoms with E-state index in [-0.39, 0.29) is 5.78 Å². The van der Waals surface area contributed by atoms with Crippen LogP contribution in [-0.2, 0) is 0 Å². The van der Waals surface area contributed by atoms with E-state index in [0.29, 0.717) is 0 Å². The number of aryl methyl sites for hydroxylation is 1. The summed E-state index contributed by atoms with van der Waals surface area (Å²) in [5, 5.41) is 0. The minimum atomic E-state index is 0.102. The molecule has 2 aromatic rings. The van der Waals surface area contributed by atoms with E-state index in [1.54, 1.807) is 6.92 Å². The van der Waals surface area contributed by atoms with Crippen molar-refractivity contribution in [2.75, 3.05) is 5.75 Å². The fraction of sp³-hybridized carbons (Fsp3) is 0.211. The summed E-state index contributed by atoms with van der Waals surface area (Å²) >= 11 is 1.86. The molecule has 0 saturated carbocycles. The van der Waals surface area contributed by atoms with Crippen LogP contribution in [0.4, 0.5) is 0 Å². The second-order valence-electron chi connectivity index (χ2n) is 4.99. The van der Waals surface area contributed by atoms with Gasteiger partial charge in [0.2, 0.25) is 0 Å². The lowest BCUT2D eigenvalue weighted by molar-refractivity contribution is 0.101. The molecule has 0 aromatic heterocycles. The van der Waals surface area contributed by atoms with Crippen molar-refractivity contribution in [3.8, 4) is 0 Å². The third-order valence-corrected chi connectivity index (χ3v) is 4.19.